The van der Waals surface area contributed by atoms with E-state index in [9.17, 15) is 23.5 Å². The van der Waals surface area contributed by atoms with Crippen LogP contribution in [-0.4, -0.2) is 58.1 Å². The SMILES string of the molecule is CCC(CC)(NC(=O)c1cnc(N2CCC(F)(F)CC2)c(OCC(C)(C)C)n1)C(=O)O. The third kappa shape index (κ3) is 6.24. The summed E-state index contributed by atoms with van der Waals surface area (Å²) < 4.78 is 33.0. The van der Waals surface area contributed by atoms with Gasteiger partial charge in [-0.25, -0.2) is 23.5 Å². The average Bonchev–Trinajstić information content (AvgIpc) is 2.69. The Morgan fingerprint density at radius 2 is 1.81 bits per heavy atom. The van der Waals surface area contributed by atoms with Crippen LogP contribution < -0.4 is 15.0 Å². The van der Waals surface area contributed by atoms with Crippen LogP contribution in [-0.2, 0) is 4.79 Å². The summed E-state index contributed by atoms with van der Waals surface area (Å²) in [7, 11) is 0. The van der Waals surface area contributed by atoms with Gasteiger partial charge < -0.3 is 20.1 Å². The summed E-state index contributed by atoms with van der Waals surface area (Å²) in [6.07, 6.45) is 1.02. The van der Waals surface area contributed by atoms with E-state index in [1.807, 2.05) is 20.8 Å². The van der Waals surface area contributed by atoms with Crippen molar-refractivity contribution in [2.45, 2.75) is 71.8 Å². The van der Waals surface area contributed by atoms with Crippen molar-refractivity contribution in [1.82, 2.24) is 15.3 Å². The van der Waals surface area contributed by atoms with Crippen molar-refractivity contribution in [3.05, 3.63) is 11.9 Å². The molecule has 1 aliphatic heterocycles. The second kappa shape index (κ2) is 9.32. The number of hydrogen-bond donors (Lipinski definition) is 2. The highest BCUT2D eigenvalue weighted by Crippen LogP contribution is 2.33. The molecule has 174 valence electrons. The van der Waals surface area contributed by atoms with Crippen molar-refractivity contribution in [3.8, 4) is 5.88 Å². The lowest BCUT2D eigenvalue weighted by Crippen LogP contribution is -2.53. The molecule has 10 heteroatoms. The van der Waals surface area contributed by atoms with Crippen LogP contribution in [0.5, 0.6) is 5.88 Å². The summed E-state index contributed by atoms with van der Waals surface area (Å²) in [5, 5.41) is 12.1. The van der Waals surface area contributed by atoms with Gasteiger partial charge >= 0.3 is 5.97 Å². The number of aromatic nitrogens is 2. The largest absolute Gasteiger partial charge is 0.480 e. The standard InChI is InChI=1S/C21H32F2N4O4/c1-6-20(7-2,18(29)30)26-16(28)14-12-24-15(17(25-14)31-13-19(3,4)5)27-10-8-21(22,23)9-11-27/h12H,6-11,13H2,1-5H3,(H,26,28)(H,29,30). The zero-order chi connectivity index (χ0) is 23.4. The van der Waals surface area contributed by atoms with E-state index < -0.39 is 23.3 Å². The molecule has 0 spiro atoms. The van der Waals surface area contributed by atoms with Crippen LogP contribution in [0.2, 0.25) is 0 Å². The fraction of sp³-hybridized carbons (Fsp3) is 0.714. The highest BCUT2D eigenvalue weighted by atomic mass is 19.3. The van der Waals surface area contributed by atoms with Crippen molar-refractivity contribution in [3.63, 3.8) is 0 Å². The summed E-state index contributed by atoms with van der Waals surface area (Å²) in [5.74, 6) is -4.16. The minimum atomic E-state index is -2.71. The number of alkyl halides is 2. The van der Waals surface area contributed by atoms with Crippen molar-refractivity contribution >= 4 is 17.7 Å². The van der Waals surface area contributed by atoms with Gasteiger partial charge in [0.05, 0.1) is 12.8 Å². The second-order valence-electron chi connectivity index (χ2n) is 9.12. The number of carbonyl (C=O) groups excluding carboxylic acids is 1. The smallest absolute Gasteiger partial charge is 0.329 e. The van der Waals surface area contributed by atoms with Gasteiger partial charge in [-0.3, -0.25) is 4.79 Å². The number of aliphatic carboxylic acids is 1. The maximum absolute atomic E-state index is 13.6. The van der Waals surface area contributed by atoms with Crippen LogP contribution in [0.25, 0.3) is 0 Å². The van der Waals surface area contributed by atoms with E-state index in [0.29, 0.717) is 5.82 Å². The number of hydrogen-bond acceptors (Lipinski definition) is 6. The summed E-state index contributed by atoms with van der Waals surface area (Å²) in [5.41, 5.74) is -1.72. The van der Waals surface area contributed by atoms with E-state index in [2.05, 4.69) is 15.3 Å². The van der Waals surface area contributed by atoms with E-state index >= 15 is 0 Å². The highest BCUT2D eigenvalue weighted by molar-refractivity contribution is 5.96. The van der Waals surface area contributed by atoms with Crippen molar-refractivity contribution in [2.75, 3.05) is 24.6 Å². The number of carboxylic acids is 1. The predicted octanol–water partition coefficient (Wildman–Crippen LogP) is 3.51. The Morgan fingerprint density at radius 1 is 1.23 bits per heavy atom. The molecule has 0 bridgehead atoms. The molecule has 8 nitrogen and oxygen atoms in total. The van der Waals surface area contributed by atoms with Gasteiger partial charge in [-0.15, -0.1) is 0 Å². The summed E-state index contributed by atoms with van der Waals surface area (Å²) in [6, 6.07) is 0. The first-order valence-electron chi connectivity index (χ1n) is 10.5. The van der Waals surface area contributed by atoms with Crippen LogP contribution in [0, 0.1) is 5.41 Å². The molecule has 1 aliphatic rings. The maximum atomic E-state index is 13.6. The number of halogens is 2. The van der Waals surface area contributed by atoms with E-state index in [1.165, 1.54) is 6.20 Å². The molecule has 2 rings (SSSR count). The molecule has 2 heterocycles. The molecule has 0 aromatic carbocycles. The van der Waals surface area contributed by atoms with E-state index in [0.717, 1.165) is 0 Å². The van der Waals surface area contributed by atoms with Crippen LogP contribution in [0.15, 0.2) is 6.20 Å². The molecule has 1 aromatic rings. The van der Waals surface area contributed by atoms with Gasteiger partial charge in [0.15, 0.2) is 11.5 Å². The number of nitrogens with zero attached hydrogens (tertiary/aromatic N) is 3. The average molecular weight is 443 g/mol. The lowest BCUT2D eigenvalue weighted by atomic mass is 9.93. The molecule has 1 amide bonds. The fourth-order valence-corrected chi connectivity index (χ4v) is 3.18. The number of rotatable bonds is 8. The van der Waals surface area contributed by atoms with Gasteiger partial charge in [0.25, 0.3) is 17.7 Å². The topological polar surface area (TPSA) is 105 Å². The number of carboxylic acid groups (broad SMARTS) is 1. The predicted molar refractivity (Wildman–Crippen MR) is 112 cm³/mol. The lowest BCUT2D eigenvalue weighted by molar-refractivity contribution is -0.144. The first-order valence-corrected chi connectivity index (χ1v) is 10.5. The number of amides is 1. The van der Waals surface area contributed by atoms with Gasteiger partial charge in [-0.05, 0) is 18.3 Å². The Bertz CT molecular complexity index is 797. The van der Waals surface area contributed by atoms with Gasteiger partial charge in [0, 0.05) is 25.9 Å². The molecule has 1 fully saturated rings. The molecule has 31 heavy (non-hydrogen) atoms. The van der Waals surface area contributed by atoms with Gasteiger partial charge in [0.1, 0.15) is 5.54 Å². The van der Waals surface area contributed by atoms with Gasteiger partial charge in [-0.1, -0.05) is 34.6 Å². The Morgan fingerprint density at radius 3 is 2.29 bits per heavy atom. The molecule has 1 aromatic heterocycles. The zero-order valence-electron chi connectivity index (χ0n) is 18.8. The Hall–Kier alpha value is -2.52. The molecule has 1 saturated heterocycles. The molecule has 0 radical (unpaired) electrons. The summed E-state index contributed by atoms with van der Waals surface area (Å²) in [6.45, 7) is 9.69. The van der Waals surface area contributed by atoms with E-state index in [1.54, 1.807) is 18.7 Å². The van der Waals surface area contributed by atoms with Crippen LogP contribution in [0.3, 0.4) is 0 Å². The van der Waals surface area contributed by atoms with E-state index in [-0.39, 0.29) is 62.4 Å². The second-order valence-corrected chi connectivity index (χ2v) is 9.12. The van der Waals surface area contributed by atoms with E-state index in [4.69, 9.17) is 4.74 Å². The maximum Gasteiger partial charge on any atom is 0.329 e. The molecular formula is C21H32F2N4O4. The molecule has 0 aliphatic carbocycles. The van der Waals surface area contributed by atoms with Crippen molar-refractivity contribution in [2.24, 2.45) is 5.41 Å². The Labute approximate surface area is 181 Å². The quantitative estimate of drug-likeness (QED) is 0.635. The van der Waals surface area contributed by atoms with Crippen molar-refractivity contribution in [1.29, 1.82) is 0 Å². The highest BCUT2D eigenvalue weighted by Gasteiger charge is 2.38. The van der Waals surface area contributed by atoms with Crippen LogP contribution >= 0.6 is 0 Å². The first kappa shape index (κ1) is 24.7. The van der Waals surface area contributed by atoms with Crippen LogP contribution in [0.4, 0.5) is 14.6 Å². The Kier molecular flexibility index (Phi) is 7.44. The minimum Gasteiger partial charge on any atom is -0.480 e. The number of ether oxygens (including phenoxy) is 1. The third-order valence-corrected chi connectivity index (χ3v) is 5.36. The summed E-state index contributed by atoms with van der Waals surface area (Å²) in [4.78, 5) is 34.7. The summed E-state index contributed by atoms with van der Waals surface area (Å²) >= 11 is 0. The molecule has 0 unspecified atom stereocenters. The molecule has 0 atom stereocenters. The number of nitrogens with one attached hydrogen (secondary N) is 1. The normalized spacial score (nSPS) is 16.7. The monoisotopic (exact) mass is 442 g/mol. The zero-order valence-corrected chi connectivity index (χ0v) is 18.8. The lowest BCUT2D eigenvalue weighted by Gasteiger charge is -2.33. The Balaban J connectivity index is 2.33. The minimum absolute atomic E-state index is 0.0710. The number of anilines is 1. The molecular weight excluding hydrogens is 410 g/mol. The number of carbonyl (C=O) groups is 2. The first-order chi connectivity index (χ1) is 14.3. The molecule has 2 N–H and O–H groups in total. The van der Waals surface area contributed by atoms with Gasteiger partial charge in [-0.2, -0.15) is 0 Å². The fourth-order valence-electron chi connectivity index (χ4n) is 3.18. The number of piperidine rings is 1. The van der Waals surface area contributed by atoms with Crippen LogP contribution in [0.1, 0.15) is 70.8 Å². The third-order valence-electron chi connectivity index (χ3n) is 5.36. The van der Waals surface area contributed by atoms with Crippen molar-refractivity contribution < 1.29 is 28.2 Å². The van der Waals surface area contributed by atoms with Gasteiger partial charge in [0.2, 0.25) is 0 Å². The molecule has 0 saturated carbocycles.